The Balaban J connectivity index is 0.00000163. The lowest BCUT2D eigenvalue weighted by atomic mass is 10.0. The van der Waals surface area contributed by atoms with Crippen molar-refractivity contribution in [2.45, 2.75) is 48.8 Å². The van der Waals surface area contributed by atoms with Gasteiger partial charge in [-0.25, -0.2) is 19.1 Å². The largest absolute Gasteiger partial charge is 0.497 e. The van der Waals surface area contributed by atoms with E-state index in [1.54, 1.807) is 17.0 Å². The first-order valence-corrected chi connectivity index (χ1v) is 10.0. The van der Waals surface area contributed by atoms with Crippen LogP contribution in [0.3, 0.4) is 0 Å². The summed E-state index contributed by atoms with van der Waals surface area (Å²) in [6.07, 6.45) is 3.17. The third kappa shape index (κ3) is 4.17. The number of likely N-dealkylation sites (tertiary alicyclic amines) is 1. The Morgan fingerprint density at radius 2 is 1.88 bits per heavy atom. The van der Waals surface area contributed by atoms with Gasteiger partial charge in [-0.05, 0) is 49.9 Å². The van der Waals surface area contributed by atoms with Crippen LogP contribution < -0.4 is 10.6 Å². The number of sulfone groups is 1. The molecule has 1 fully saturated rings. The van der Waals surface area contributed by atoms with E-state index >= 15 is 0 Å². The minimum Gasteiger partial charge on any atom is -0.497 e. The summed E-state index contributed by atoms with van der Waals surface area (Å²) < 4.78 is 31.6. The fraction of sp³-hybridized carbons (Fsp3) is 0.588. The molecule has 1 atom stereocenters. The Kier molecular flexibility index (Phi) is 8.48. The van der Waals surface area contributed by atoms with Gasteiger partial charge in [0, 0.05) is 13.1 Å². The number of nitrogens with zero attached hydrogens (tertiary/aromatic N) is 1. The van der Waals surface area contributed by atoms with Crippen molar-refractivity contribution in [3.05, 3.63) is 24.3 Å². The Bertz CT molecular complexity index is 677. The number of ether oxygens (including phenoxy) is 1. The average Bonchev–Trinajstić information content (AvgIpc) is 2.67. The van der Waals surface area contributed by atoms with E-state index in [-0.39, 0.29) is 11.3 Å². The van der Waals surface area contributed by atoms with Crippen molar-refractivity contribution < 1.29 is 28.3 Å². The number of methoxy groups -OCH3 is 1. The molecule has 0 radical (unpaired) electrons. The van der Waals surface area contributed by atoms with E-state index in [1.165, 1.54) is 19.2 Å². The van der Waals surface area contributed by atoms with Crippen LogP contribution in [-0.2, 0) is 14.6 Å². The summed E-state index contributed by atoms with van der Waals surface area (Å²) in [4.78, 5) is 11.9. The SMILES string of the molecule is CCCCN1CCCCC1(C(=O)O)S(=O)(=O)c1ccc(OC)cc1.NO. The van der Waals surface area contributed by atoms with Crippen LogP contribution in [-0.4, -0.2) is 54.7 Å². The first kappa shape index (κ1) is 22.4. The zero-order chi connectivity index (χ0) is 19.8. The second-order valence-corrected chi connectivity index (χ2v) is 8.22. The summed E-state index contributed by atoms with van der Waals surface area (Å²) >= 11 is 0. The summed E-state index contributed by atoms with van der Waals surface area (Å²) in [7, 11) is -2.56. The molecule has 1 heterocycles. The van der Waals surface area contributed by atoms with Crippen LogP contribution in [0.1, 0.15) is 39.0 Å². The molecule has 1 aliphatic heterocycles. The molecule has 0 saturated carbocycles. The molecule has 1 aliphatic rings. The number of carbonyl (C=O) groups is 1. The summed E-state index contributed by atoms with van der Waals surface area (Å²) in [6.45, 7) is 2.96. The van der Waals surface area contributed by atoms with E-state index in [4.69, 9.17) is 9.94 Å². The third-order valence-corrected chi connectivity index (χ3v) is 7.05. The van der Waals surface area contributed by atoms with Crippen LogP contribution in [0.5, 0.6) is 5.75 Å². The number of hydrogen-bond donors (Lipinski definition) is 3. The summed E-state index contributed by atoms with van der Waals surface area (Å²) in [6, 6.07) is 5.93. The third-order valence-electron chi connectivity index (χ3n) is 4.63. The molecule has 0 spiro atoms. The van der Waals surface area contributed by atoms with Crippen LogP contribution in [0.4, 0.5) is 0 Å². The van der Waals surface area contributed by atoms with Gasteiger partial charge in [0.2, 0.25) is 14.7 Å². The first-order chi connectivity index (χ1) is 12.4. The molecule has 148 valence electrons. The number of piperidine rings is 1. The second kappa shape index (κ2) is 9.86. The number of carboxylic acids is 1. The zero-order valence-corrected chi connectivity index (χ0v) is 16.0. The maximum atomic E-state index is 13.3. The van der Waals surface area contributed by atoms with Gasteiger partial charge in [0.15, 0.2) is 0 Å². The molecular formula is C17H28N2O6S. The average molecular weight is 388 g/mol. The van der Waals surface area contributed by atoms with Crippen LogP contribution in [0, 0.1) is 0 Å². The van der Waals surface area contributed by atoms with Crippen molar-refractivity contribution >= 4 is 15.8 Å². The van der Waals surface area contributed by atoms with Gasteiger partial charge in [0.1, 0.15) is 5.75 Å². The molecule has 4 N–H and O–H groups in total. The molecule has 1 unspecified atom stereocenters. The van der Waals surface area contributed by atoms with Crippen molar-refractivity contribution in [1.82, 2.24) is 4.90 Å². The van der Waals surface area contributed by atoms with Crippen molar-refractivity contribution in [2.24, 2.45) is 5.90 Å². The number of carboxylic acid groups (broad SMARTS) is 1. The second-order valence-electron chi connectivity index (χ2n) is 6.07. The molecule has 1 saturated heterocycles. The topological polar surface area (TPSA) is 130 Å². The monoisotopic (exact) mass is 388 g/mol. The van der Waals surface area contributed by atoms with Gasteiger partial charge in [0.25, 0.3) is 0 Å². The molecule has 1 aromatic carbocycles. The van der Waals surface area contributed by atoms with Crippen LogP contribution >= 0.6 is 0 Å². The number of aliphatic carboxylic acids is 1. The predicted octanol–water partition coefficient (Wildman–Crippen LogP) is 1.87. The maximum absolute atomic E-state index is 13.3. The van der Waals surface area contributed by atoms with Crippen molar-refractivity contribution in [3.8, 4) is 5.75 Å². The first-order valence-electron chi connectivity index (χ1n) is 8.53. The zero-order valence-electron chi connectivity index (χ0n) is 15.2. The van der Waals surface area contributed by atoms with Gasteiger partial charge in [-0.3, -0.25) is 4.90 Å². The van der Waals surface area contributed by atoms with Gasteiger partial charge >= 0.3 is 5.97 Å². The lowest BCUT2D eigenvalue weighted by molar-refractivity contribution is -0.147. The van der Waals surface area contributed by atoms with Gasteiger partial charge < -0.3 is 15.1 Å². The number of nitrogens with two attached hydrogens (primary N) is 1. The number of hydrogen-bond acceptors (Lipinski definition) is 7. The molecule has 0 bridgehead atoms. The molecule has 2 rings (SSSR count). The lowest BCUT2D eigenvalue weighted by Crippen LogP contribution is -2.62. The van der Waals surface area contributed by atoms with Gasteiger partial charge in [-0.2, -0.15) is 0 Å². The highest BCUT2D eigenvalue weighted by Gasteiger charge is 2.56. The smallest absolute Gasteiger partial charge is 0.340 e. The number of rotatable bonds is 7. The van der Waals surface area contributed by atoms with Crippen molar-refractivity contribution in [1.29, 1.82) is 0 Å². The minimum atomic E-state index is -4.06. The van der Waals surface area contributed by atoms with Crippen LogP contribution in [0.25, 0.3) is 0 Å². The summed E-state index contributed by atoms with van der Waals surface area (Å²) in [5.41, 5.74) is 0. The van der Waals surface area contributed by atoms with Gasteiger partial charge in [-0.15, -0.1) is 0 Å². The molecule has 0 aromatic heterocycles. The van der Waals surface area contributed by atoms with E-state index in [2.05, 4.69) is 5.90 Å². The molecule has 26 heavy (non-hydrogen) atoms. The highest BCUT2D eigenvalue weighted by molar-refractivity contribution is 7.93. The van der Waals surface area contributed by atoms with Crippen molar-refractivity contribution in [2.75, 3.05) is 20.2 Å². The van der Waals surface area contributed by atoms with E-state index in [0.29, 0.717) is 25.3 Å². The van der Waals surface area contributed by atoms with Gasteiger partial charge in [0.05, 0.1) is 12.0 Å². The normalized spacial score (nSPS) is 20.8. The molecular weight excluding hydrogens is 360 g/mol. The Morgan fingerprint density at radius 3 is 2.38 bits per heavy atom. The van der Waals surface area contributed by atoms with E-state index in [0.717, 1.165) is 19.3 Å². The van der Waals surface area contributed by atoms with Crippen molar-refractivity contribution in [3.63, 3.8) is 0 Å². The maximum Gasteiger partial charge on any atom is 0.340 e. The molecule has 9 heteroatoms. The van der Waals surface area contributed by atoms with E-state index in [1.807, 2.05) is 6.92 Å². The fourth-order valence-electron chi connectivity index (χ4n) is 3.26. The Hall–Kier alpha value is -1.68. The summed E-state index contributed by atoms with van der Waals surface area (Å²) in [5, 5.41) is 16.4. The Labute approximate surface area is 154 Å². The summed E-state index contributed by atoms with van der Waals surface area (Å²) in [5.74, 6) is 2.75. The highest BCUT2D eigenvalue weighted by atomic mass is 32.2. The predicted molar refractivity (Wildman–Crippen MR) is 96.9 cm³/mol. The lowest BCUT2D eigenvalue weighted by Gasteiger charge is -2.43. The van der Waals surface area contributed by atoms with E-state index in [9.17, 15) is 18.3 Å². The number of benzene rings is 1. The Morgan fingerprint density at radius 1 is 1.27 bits per heavy atom. The molecule has 1 aromatic rings. The van der Waals surface area contributed by atoms with Crippen LogP contribution in [0.15, 0.2) is 29.2 Å². The molecule has 0 aliphatic carbocycles. The number of unbranched alkanes of at least 4 members (excludes halogenated alkanes) is 1. The van der Waals surface area contributed by atoms with E-state index < -0.39 is 20.7 Å². The molecule has 0 amide bonds. The minimum absolute atomic E-state index is 0.0223. The van der Waals surface area contributed by atoms with Crippen LogP contribution in [0.2, 0.25) is 0 Å². The van der Waals surface area contributed by atoms with Gasteiger partial charge in [-0.1, -0.05) is 13.3 Å². The fourth-order valence-corrected chi connectivity index (χ4v) is 5.31. The highest BCUT2D eigenvalue weighted by Crippen LogP contribution is 2.38. The molecule has 8 nitrogen and oxygen atoms in total. The standard InChI is InChI=1S/C17H25NO5S.H3NO/c1-3-4-12-18-13-6-5-11-17(18,16(19)20)24(21,22)15-9-7-14(23-2)8-10-15;1-2/h7-10H,3-6,11-13H2,1-2H3,(H,19,20);2H,1H2. The quantitative estimate of drug-likeness (QED) is 0.604.